The first-order valence-corrected chi connectivity index (χ1v) is 11.5. The van der Waals surface area contributed by atoms with Crippen molar-refractivity contribution in [2.45, 2.75) is 90.9 Å². The smallest absolute Gasteiger partial charge is 0.223 e. The van der Waals surface area contributed by atoms with Crippen LogP contribution in [0.2, 0.25) is 0 Å². The molecule has 2 unspecified atom stereocenters. The summed E-state index contributed by atoms with van der Waals surface area (Å²) in [6, 6.07) is 0. The van der Waals surface area contributed by atoms with Crippen molar-refractivity contribution in [2.24, 2.45) is 17.3 Å². The van der Waals surface area contributed by atoms with Gasteiger partial charge in [-0.1, -0.05) is 26.7 Å². The van der Waals surface area contributed by atoms with Crippen molar-refractivity contribution in [3.05, 3.63) is 0 Å². The third kappa shape index (κ3) is 5.71. The molecule has 4 heteroatoms. The number of hydrogen-bond donors (Lipinski definition) is 0. The van der Waals surface area contributed by atoms with Gasteiger partial charge < -0.3 is 9.80 Å². The van der Waals surface area contributed by atoms with Gasteiger partial charge in [0, 0.05) is 39.0 Å². The molecule has 4 nitrogen and oxygen atoms in total. The maximum absolute atomic E-state index is 13.1. The highest BCUT2D eigenvalue weighted by atomic mass is 16.2. The average molecular weight is 377 g/mol. The number of likely N-dealkylation sites (tertiary alicyclic amines) is 2. The number of rotatable bonds is 4. The van der Waals surface area contributed by atoms with Gasteiger partial charge in [-0.25, -0.2) is 0 Å². The first-order chi connectivity index (χ1) is 13.0. The van der Waals surface area contributed by atoms with Crippen LogP contribution in [0.1, 0.15) is 90.9 Å². The van der Waals surface area contributed by atoms with Crippen molar-refractivity contribution in [2.75, 3.05) is 26.2 Å². The molecule has 0 aromatic heterocycles. The van der Waals surface area contributed by atoms with E-state index in [4.69, 9.17) is 0 Å². The van der Waals surface area contributed by atoms with Gasteiger partial charge in [0.2, 0.25) is 11.8 Å². The number of amides is 2. The summed E-state index contributed by atoms with van der Waals surface area (Å²) >= 11 is 0. The molecule has 2 aliphatic heterocycles. The number of carbonyl (C=O) groups is 2. The van der Waals surface area contributed by atoms with Crippen LogP contribution in [-0.4, -0.2) is 47.8 Å². The van der Waals surface area contributed by atoms with Crippen LogP contribution >= 0.6 is 0 Å². The van der Waals surface area contributed by atoms with E-state index >= 15 is 0 Å². The zero-order valence-electron chi connectivity index (χ0n) is 17.7. The first-order valence-electron chi connectivity index (χ1n) is 11.5. The van der Waals surface area contributed by atoms with Crippen LogP contribution in [0.5, 0.6) is 0 Å². The maximum atomic E-state index is 13.1. The second kappa shape index (κ2) is 9.43. The summed E-state index contributed by atoms with van der Waals surface area (Å²) in [5.41, 5.74) is -0.0655. The molecule has 0 bridgehead atoms. The zero-order chi connectivity index (χ0) is 19.3. The first kappa shape index (κ1) is 20.7. The van der Waals surface area contributed by atoms with Gasteiger partial charge in [-0.2, -0.15) is 0 Å². The fourth-order valence-corrected chi connectivity index (χ4v) is 5.43. The van der Waals surface area contributed by atoms with Crippen molar-refractivity contribution in [3.63, 3.8) is 0 Å². The van der Waals surface area contributed by atoms with E-state index < -0.39 is 0 Å². The third-order valence-corrected chi connectivity index (χ3v) is 7.46. The van der Waals surface area contributed by atoms with Gasteiger partial charge >= 0.3 is 0 Å². The summed E-state index contributed by atoms with van der Waals surface area (Å²) < 4.78 is 0. The van der Waals surface area contributed by atoms with E-state index in [-0.39, 0.29) is 5.41 Å². The van der Waals surface area contributed by atoms with Gasteiger partial charge in [-0.15, -0.1) is 0 Å². The van der Waals surface area contributed by atoms with Gasteiger partial charge in [0.15, 0.2) is 0 Å². The molecule has 1 aliphatic carbocycles. The van der Waals surface area contributed by atoms with Crippen LogP contribution in [-0.2, 0) is 9.59 Å². The number of carbonyl (C=O) groups excluding carboxylic acids is 2. The lowest BCUT2D eigenvalue weighted by Crippen LogP contribution is -2.40. The van der Waals surface area contributed by atoms with Crippen molar-refractivity contribution in [1.29, 1.82) is 0 Å². The fourth-order valence-electron chi connectivity index (χ4n) is 5.43. The summed E-state index contributed by atoms with van der Waals surface area (Å²) in [6.45, 7) is 8.25. The molecular weight excluding hydrogens is 336 g/mol. The van der Waals surface area contributed by atoms with Crippen molar-refractivity contribution >= 4 is 11.8 Å². The van der Waals surface area contributed by atoms with E-state index in [1.54, 1.807) is 0 Å². The van der Waals surface area contributed by atoms with E-state index in [1.165, 1.54) is 25.7 Å². The minimum absolute atomic E-state index is 0.0655. The highest BCUT2D eigenvalue weighted by Gasteiger charge is 2.40. The van der Waals surface area contributed by atoms with Crippen LogP contribution in [0.3, 0.4) is 0 Å². The van der Waals surface area contributed by atoms with Gasteiger partial charge in [-0.05, 0) is 68.6 Å². The minimum atomic E-state index is -0.0655. The Labute approximate surface area is 166 Å². The maximum Gasteiger partial charge on any atom is 0.223 e. The summed E-state index contributed by atoms with van der Waals surface area (Å²) in [6.07, 6.45) is 12.6. The minimum Gasteiger partial charge on any atom is -0.343 e. The van der Waals surface area contributed by atoms with E-state index in [2.05, 4.69) is 23.6 Å². The predicted octanol–water partition coefficient (Wildman–Crippen LogP) is 4.62. The lowest BCUT2D eigenvalue weighted by atomic mass is 9.78. The average Bonchev–Trinajstić information content (AvgIpc) is 2.82. The molecule has 0 radical (unpaired) electrons. The molecule has 2 amide bonds. The Morgan fingerprint density at radius 3 is 1.59 bits per heavy atom. The molecule has 3 fully saturated rings. The third-order valence-electron chi connectivity index (χ3n) is 7.46. The quantitative estimate of drug-likeness (QED) is 0.718. The molecule has 27 heavy (non-hydrogen) atoms. The van der Waals surface area contributed by atoms with E-state index in [0.717, 1.165) is 76.5 Å². The molecule has 3 aliphatic rings. The second-order valence-electron chi connectivity index (χ2n) is 9.89. The highest BCUT2D eigenvalue weighted by molar-refractivity contribution is 5.80. The van der Waals surface area contributed by atoms with Crippen LogP contribution in [0.25, 0.3) is 0 Å². The Hall–Kier alpha value is -1.06. The normalized spacial score (nSPS) is 29.3. The molecule has 154 valence electrons. The Morgan fingerprint density at radius 2 is 1.15 bits per heavy atom. The van der Waals surface area contributed by atoms with Crippen molar-refractivity contribution < 1.29 is 9.59 Å². The van der Waals surface area contributed by atoms with E-state index in [1.807, 2.05) is 0 Å². The van der Waals surface area contributed by atoms with E-state index in [9.17, 15) is 9.59 Å². The van der Waals surface area contributed by atoms with Crippen molar-refractivity contribution in [3.8, 4) is 0 Å². The monoisotopic (exact) mass is 376 g/mol. The van der Waals surface area contributed by atoms with Gasteiger partial charge in [0.05, 0.1) is 0 Å². The molecular formula is C23H40N2O2. The molecule has 0 aromatic rings. The Morgan fingerprint density at radius 1 is 0.704 bits per heavy atom. The highest BCUT2D eigenvalue weighted by Crippen LogP contribution is 2.45. The fraction of sp³-hybridized carbons (Fsp3) is 0.913. The van der Waals surface area contributed by atoms with E-state index in [0.29, 0.717) is 24.7 Å². The van der Waals surface area contributed by atoms with Crippen LogP contribution in [0, 0.1) is 17.3 Å². The lowest BCUT2D eigenvalue weighted by molar-refractivity contribution is -0.137. The molecule has 2 atom stereocenters. The molecule has 3 rings (SSSR count). The number of nitrogens with zero attached hydrogens (tertiary/aromatic N) is 2. The van der Waals surface area contributed by atoms with Gasteiger partial charge in [0.1, 0.15) is 0 Å². The molecule has 2 saturated heterocycles. The van der Waals surface area contributed by atoms with Crippen LogP contribution in [0.4, 0.5) is 0 Å². The number of hydrogen-bond acceptors (Lipinski definition) is 2. The Bertz CT molecular complexity index is 473. The topological polar surface area (TPSA) is 40.6 Å². The Balaban J connectivity index is 1.59. The largest absolute Gasteiger partial charge is 0.343 e. The van der Waals surface area contributed by atoms with Gasteiger partial charge in [0.25, 0.3) is 0 Å². The molecule has 2 heterocycles. The second-order valence-corrected chi connectivity index (χ2v) is 9.89. The zero-order valence-corrected chi connectivity index (χ0v) is 17.7. The molecule has 0 N–H and O–H groups in total. The summed E-state index contributed by atoms with van der Waals surface area (Å²) in [7, 11) is 0. The molecule has 0 spiro atoms. The molecule has 0 aromatic carbocycles. The lowest BCUT2D eigenvalue weighted by Gasteiger charge is -2.33. The standard InChI is InChI=1S/C23H40N2O2/c1-19-7-5-13-24(15-9-19)21(26)17-23(11-3-4-12-23)18-22(27)25-14-6-8-20(2)10-16-25/h19-20H,3-18H2,1-2H3. The van der Waals surface area contributed by atoms with Crippen molar-refractivity contribution in [1.82, 2.24) is 9.80 Å². The Kier molecular flexibility index (Phi) is 7.22. The predicted molar refractivity (Wildman–Crippen MR) is 109 cm³/mol. The van der Waals surface area contributed by atoms with Crippen LogP contribution < -0.4 is 0 Å². The summed E-state index contributed by atoms with van der Waals surface area (Å²) in [5.74, 6) is 2.08. The SMILES string of the molecule is CC1CCCN(C(=O)CC2(CC(=O)N3CCCC(C)CC3)CCCC2)CC1. The van der Waals surface area contributed by atoms with Gasteiger partial charge in [-0.3, -0.25) is 9.59 Å². The van der Waals surface area contributed by atoms with Crippen LogP contribution in [0.15, 0.2) is 0 Å². The summed E-state index contributed by atoms with van der Waals surface area (Å²) in [4.78, 5) is 30.3. The summed E-state index contributed by atoms with van der Waals surface area (Å²) in [5, 5.41) is 0. The molecule has 1 saturated carbocycles.